The highest BCUT2D eigenvalue weighted by molar-refractivity contribution is 5.53. The SMILES string of the molecule is COc1cc(OC)cc(OCCCCCOc2cc(O)c(O)c(O)c2)c1. The maximum Gasteiger partial charge on any atom is 0.200 e. The Kier molecular flexibility index (Phi) is 7.08. The topological polar surface area (TPSA) is 97.6 Å². The highest BCUT2D eigenvalue weighted by Crippen LogP contribution is 2.38. The van der Waals surface area contributed by atoms with Gasteiger partial charge in [-0.2, -0.15) is 0 Å². The highest BCUT2D eigenvalue weighted by Gasteiger charge is 2.08. The van der Waals surface area contributed by atoms with Crippen molar-refractivity contribution in [2.24, 2.45) is 0 Å². The molecule has 0 bridgehead atoms. The predicted molar refractivity (Wildman–Crippen MR) is 95.8 cm³/mol. The number of phenolic OH excluding ortho intramolecular Hbond substituents is 3. The third-order valence-electron chi connectivity index (χ3n) is 3.69. The number of rotatable bonds is 10. The van der Waals surface area contributed by atoms with Gasteiger partial charge in [0.25, 0.3) is 0 Å². The molecule has 0 spiro atoms. The Morgan fingerprint density at radius 3 is 1.50 bits per heavy atom. The Hall–Kier alpha value is -2.96. The van der Waals surface area contributed by atoms with E-state index in [1.807, 2.05) is 0 Å². The fraction of sp³-hybridized carbons (Fsp3) is 0.368. The lowest BCUT2D eigenvalue weighted by Gasteiger charge is -2.11. The van der Waals surface area contributed by atoms with Gasteiger partial charge in [-0.15, -0.1) is 0 Å². The van der Waals surface area contributed by atoms with Crippen molar-refractivity contribution in [1.29, 1.82) is 0 Å². The zero-order valence-electron chi connectivity index (χ0n) is 14.9. The van der Waals surface area contributed by atoms with Crippen LogP contribution in [0.1, 0.15) is 19.3 Å². The molecule has 3 N–H and O–H groups in total. The predicted octanol–water partition coefficient (Wildman–Crippen LogP) is 3.45. The maximum absolute atomic E-state index is 9.41. The van der Waals surface area contributed by atoms with Gasteiger partial charge in [0, 0.05) is 30.3 Å². The number of phenols is 3. The molecule has 2 aromatic carbocycles. The first-order valence-corrected chi connectivity index (χ1v) is 8.27. The van der Waals surface area contributed by atoms with E-state index in [0.29, 0.717) is 36.2 Å². The third-order valence-corrected chi connectivity index (χ3v) is 3.69. The molecule has 0 aromatic heterocycles. The van der Waals surface area contributed by atoms with E-state index in [4.69, 9.17) is 18.9 Å². The van der Waals surface area contributed by atoms with Crippen molar-refractivity contribution >= 4 is 0 Å². The summed E-state index contributed by atoms with van der Waals surface area (Å²) in [6, 6.07) is 7.90. The van der Waals surface area contributed by atoms with Crippen molar-refractivity contribution in [2.75, 3.05) is 27.4 Å². The first-order chi connectivity index (χ1) is 12.5. The van der Waals surface area contributed by atoms with Crippen molar-refractivity contribution < 1.29 is 34.3 Å². The van der Waals surface area contributed by atoms with Crippen LogP contribution in [-0.4, -0.2) is 42.8 Å². The summed E-state index contributed by atoms with van der Waals surface area (Å²) >= 11 is 0. The summed E-state index contributed by atoms with van der Waals surface area (Å²) in [5.41, 5.74) is 0. The largest absolute Gasteiger partial charge is 0.504 e. The number of hydrogen-bond donors (Lipinski definition) is 3. The lowest BCUT2D eigenvalue weighted by molar-refractivity contribution is 0.275. The van der Waals surface area contributed by atoms with Gasteiger partial charge in [-0.05, 0) is 19.3 Å². The zero-order chi connectivity index (χ0) is 18.9. The van der Waals surface area contributed by atoms with E-state index in [0.717, 1.165) is 19.3 Å². The van der Waals surface area contributed by atoms with E-state index in [-0.39, 0.29) is 0 Å². The summed E-state index contributed by atoms with van der Waals surface area (Å²) in [6.07, 6.45) is 2.51. The van der Waals surface area contributed by atoms with Crippen LogP contribution in [-0.2, 0) is 0 Å². The lowest BCUT2D eigenvalue weighted by atomic mass is 10.2. The van der Waals surface area contributed by atoms with E-state index in [2.05, 4.69) is 0 Å². The molecule has 0 unspecified atom stereocenters. The van der Waals surface area contributed by atoms with Gasteiger partial charge in [0.05, 0.1) is 27.4 Å². The number of hydrogen-bond acceptors (Lipinski definition) is 7. The van der Waals surface area contributed by atoms with Crippen LogP contribution in [0, 0.1) is 0 Å². The third kappa shape index (κ3) is 5.54. The number of ether oxygens (including phenoxy) is 4. The second-order valence-corrected chi connectivity index (χ2v) is 5.62. The Bertz CT molecular complexity index is 670. The maximum atomic E-state index is 9.41. The molecule has 0 aliphatic carbocycles. The van der Waals surface area contributed by atoms with Gasteiger partial charge in [-0.1, -0.05) is 0 Å². The Labute approximate surface area is 152 Å². The molecule has 26 heavy (non-hydrogen) atoms. The molecule has 0 saturated carbocycles. The first-order valence-electron chi connectivity index (χ1n) is 8.27. The smallest absolute Gasteiger partial charge is 0.200 e. The molecule has 0 amide bonds. The van der Waals surface area contributed by atoms with E-state index >= 15 is 0 Å². The molecule has 0 radical (unpaired) electrons. The van der Waals surface area contributed by atoms with Crippen molar-refractivity contribution in [3.8, 4) is 40.2 Å². The molecule has 7 nitrogen and oxygen atoms in total. The highest BCUT2D eigenvalue weighted by atomic mass is 16.5. The molecule has 0 heterocycles. The average molecular weight is 364 g/mol. The van der Waals surface area contributed by atoms with E-state index in [9.17, 15) is 15.3 Å². The minimum absolute atomic E-state index is 0.303. The number of aromatic hydroxyl groups is 3. The molecule has 0 fully saturated rings. The van der Waals surface area contributed by atoms with Gasteiger partial charge in [0.15, 0.2) is 11.5 Å². The summed E-state index contributed by atoms with van der Waals surface area (Å²) < 4.78 is 21.5. The average Bonchev–Trinajstić information content (AvgIpc) is 2.64. The molecule has 0 aliphatic heterocycles. The fourth-order valence-corrected chi connectivity index (χ4v) is 2.29. The summed E-state index contributed by atoms with van der Waals surface area (Å²) in [5.74, 6) is 0.958. The minimum atomic E-state index is -0.552. The van der Waals surface area contributed by atoms with Crippen molar-refractivity contribution in [2.45, 2.75) is 19.3 Å². The molecule has 0 saturated heterocycles. The molecule has 0 aliphatic rings. The van der Waals surface area contributed by atoms with Crippen LogP contribution < -0.4 is 18.9 Å². The second kappa shape index (κ2) is 9.50. The Balaban J connectivity index is 1.67. The van der Waals surface area contributed by atoms with Crippen LogP contribution in [0.2, 0.25) is 0 Å². The van der Waals surface area contributed by atoms with Gasteiger partial charge in [0.2, 0.25) is 5.75 Å². The number of benzene rings is 2. The standard InChI is InChI=1S/C19H24O7/c1-23-13-8-14(24-2)10-15(9-13)25-6-4-3-5-7-26-16-11-17(20)19(22)18(21)12-16/h8-12,20-22H,3-7H2,1-2H3. The Morgan fingerprint density at radius 1 is 0.615 bits per heavy atom. The van der Waals surface area contributed by atoms with Gasteiger partial charge < -0.3 is 34.3 Å². The summed E-state index contributed by atoms with van der Waals surface area (Å²) in [5, 5.41) is 28.1. The molecule has 142 valence electrons. The number of unbranched alkanes of at least 4 members (excludes halogenated alkanes) is 2. The van der Waals surface area contributed by atoms with E-state index < -0.39 is 17.2 Å². The van der Waals surface area contributed by atoms with Gasteiger partial charge in [0.1, 0.15) is 23.0 Å². The van der Waals surface area contributed by atoms with Crippen LogP contribution in [0.4, 0.5) is 0 Å². The summed E-state index contributed by atoms with van der Waals surface area (Å²) in [4.78, 5) is 0. The fourth-order valence-electron chi connectivity index (χ4n) is 2.29. The molecular formula is C19H24O7. The summed E-state index contributed by atoms with van der Waals surface area (Å²) in [6.45, 7) is 0.980. The van der Waals surface area contributed by atoms with Crippen molar-refractivity contribution in [1.82, 2.24) is 0 Å². The monoisotopic (exact) mass is 364 g/mol. The van der Waals surface area contributed by atoms with E-state index in [1.54, 1.807) is 32.4 Å². The zero-order valence-corrected chi connectivity index (χ0v) is 14.9. The normalized spacial score (nSPS) is 10.4. The van der Waals surface area contributed by atoms with E-state index in [1.165, 1.54) is 12.1 Å². The number of methoxy groups -OCH3 is 2. The quantitative estimate of drug-likeness (QED) is 0.439. The van der Waals surface area contributed by atoms with Crippen LogP contribution in [0.15, 0.2) is 30.3 Å². The van der Waals surface area contributed by atoms with Crippen molar-refractivity contribution in [3.05, 3.63) is 30.3 Å². The first kappa shape index (κ1) is 19.4. The van der Waals surface area contributed by atoms with Crippen molar-refractivity contribution in [3.63, 3.8) is 0 Å². The van der Waals surface area contributed by atoms with Gasteiger partial charge in [-0.3, -0.25) is 0 Å². The molecule has 0 atom stereocenters. The Morgan fingerprint density at radius 2 is 1.04 bits per heavy atom. The van der Waals surface area contributed by atoms with Crippen LogP contribution >= 0.6 is 0 Å². The van der Waals surface area contributed by atoms with Gasteiger partial charge >= 0.3 is 0 Å². The van der Waals surface area contributed by atoms with Crippen LogP contribution in [0.5, 0.6) is 40.2 Å². The van der Waals surface area contributed by atoms with Gasteiger partial charge in [-0.25, -0.2) is 0 Å². The van der Waals surface area contributed by atoms with Crippen LogP contribution in [0.25, 0.3) is 0 Å². The molecule has 2 rings (SSSR count). The minimum Gasteiger partial charge on any atom is -0.504 e. The molecule has 2 aromatic rings. The molecule has 7 heteroatoms. The summed E-state index contributed by atoms with van der Waals surface area (Å²) in [7, 11) is 3.18. The lowest BCUT2D eigenvalue weighted by Crippen LogP contribution is -2.01. The molecular weight excluding hydrogens is 340 g/mol. The van der Waals surface area contributed by atoms with Crippen LogP contribution in [0.3, 0.4) is 0 Å². The second-order valence-electron chi connectivity index (χ2n) is 5.62.